The highest BCUT2D eigenvalue weighted by atomic mass is 16.5. The molecule has 6 nitrogen and oxygen atoms in total. The van der Waals surface area contributed by atoms with Crippen LogP contribution in [0.3, 0.4) is 0 Å². The van der Waals surface area contributed by atoms with E-state index in [0.29, 0.717) is 29.4 Å². The molecule has 134 valence electrons. The summed E-state index contributed by atoms with van der Waals surface area (Å²) >= 11 is 0. The molecule has 0 atom stereocenters. The topological polar surface area (TPSA) is 80.9 Å². The number of ether oxygens (including phenoxy) is 1. The first kappa shape index (κ1) is 17.5. The predicted molar refractivity (Wildman–Crippen MR) is 93.2 cm³/mol. The predicted octanol–water partition coefficient (Wildman–Crippen LogP) is 3.65. The van der Waals surface area contributed by atoms with Gasteiger partial charge in [0.15, 0.2) is 17.2 Å². The van der Waals surface area contributed by atoms with E-state index < -0.39 is 11.4 Å². The van der Waals surface area contributed by atoms with Crippen LogP contribution in [0.1, 0.15) is 61.6 Å². The number of carboxylic acids is 1. The molecule has 1 fully saturated rings. The third-order valence-electron chi connectivity index (χ3n) is 5.08. The zero-order valence-corrected chi connectivity index (χ0v) is 14.7. The minimum Gasteiger partial charge on any atom is -0.490 e. The molecule has 25 heavy (non-hydrogen) atoms. The summed E-state index contributed by atoms with van der Waals surface area (Å²) in [5.74, 6) is -0.224. The highest BCUT2D eigenvalue weighted by Crippen LogP contribution is 2.45. The van der Waals surface area contributed by atoms with Crippen molar-refractivity contribution < 1.29 is 19.4 Å². The highest BCUT2D eigenvalue weighted by molar-refractivity contribution is 5.97. The Kier molecular flexibility index (Phi) is 4.79. The van der Waals surface area contributed by atoms with E-state index in [9.17, 15) is 14.7 Å². The molecule has 0 aromatic carbocycles. The summed E-state index contributed by atoms with van der Waals surface area (Å²) in [6, 6.07) is 3.67. The molecular weight excluding hydrogens is 320 g/mol. The van der Waals surface area contributed by atoms with Crippen LogP contribution in [-0.2, 0) is 4.79 Å². The van der Waals surface area contributed by atoms with Gasteiger partial charge in [-0.2, -0.15) is 0 Å². The Labute approximate surface area is 146 Å². The lowest BCUT2D eigenvalue weighted by Crippen LogP contribution is -2.25. The van der Waals surface area contributed by atoms with Gasteiger partial charge in [0.05, 0.1) is 18.7 Å². The lowest BCUT2D eigenvalue weighted by molar-refractivity contribution is -0.139. The first-order valence-corrected chi connectivity index (χ1v) is 8.81. The lowest BCUT2D eigenvalue weighted by atomic mass is 9.77. The molecule has 6 heteroatoms. The fourth-order valence-electron chi connectivity index (χ4n) is 4.05. The summed E-state index contributed by atoms with van der Waals surface area (Å²) in [5.41, 5.74) is 1.40. The third kappa shape index (κ3) is 3.38. The average Bonchev–Trinajstić information content (AvgIpc) is 3.11. The summed E-state index contributed by atoms with van der Waals surface area (Å²) in [5, 5.41) is 9.26. The smallest absolute Gasteiger partial charge is 0.303 e. The summed E-state index contributed by atoms with van der Waals surface area (Å²) in [4.78, 5) is 28.8. The van der Waals surface area contributed by atoms with Gasteiger partial charge in [0.25, 0.3) is 0 Å². The maximum absolute atomic E-state index is 13.1. The van der Waals surface area contributed by atoms with Crippen LogP contribution >= 0.6 is 0 Å². The van der Waals surface area contributed by atoms with Crippen molar-refractivity contribution in [3.63, 3.8) is 0 Å². The van der Waals surface area contributed by atoms with Gasteiger partial charge in [0, 0.05) is 12.6 Å². The molecule has 1 aliphatic carbocycles. The van der Waals surface area contributed by atoms with Gasteiger partial charge < -0.3 is 9.84 Å². The fourth-order valence-corrected chi connectivity index (χ4v) is 4.05. The van der Waals surface area contributed by atoms with E-state index in [2.05, 4.69) is 4.98 Å². The van der Waals surface area contributed by atoms with Crippen molar-refractivity contribution in [3.05, 3.63) is 29.7 Å². The molecule has 0 bridgehead atoms. The minimum atomic E-state index is -0.830. The van der Waals surface area contributed by atoms with Crippen molar-refractivity contribution in [1.29, 1.82) is 0 Å². The van der Waals surface area contributed by atoms with E-state index >= 15 is 0 Å². The molecule has 0 amide bonds. The molecule has 0 saturated heterocycles. The number of imidazole rings is 1. The Hall–Kier alpha value is -2.37. The van der Waals surface area contributed by atoms with Gasteiger partial charge >= 0.3 is 5.97 Å². The zero-order valence-electron chi connectivity index (χ0n) is 14.7. The molecule has 0 spiro atoms. The molecule has 2 heterocycles. The van der Waals surface area contributed by atoms with Crippen molar-refractivity contribution in [3.8, 4) is 5.75 Å². The van der Waals surface area contributed by atoms with Gasteiger partial charge in [-0.15, -0.1) is 0 Å². The molecule has 2 aromatic heterocycles. The van der Waals surface area contributed by atoms with E-state index in [1.165, 1.54) is 0 Å². The van der Waals surface area contributed by atoms with Gasteiger partial charge in [-0.05, 0) is 44.2 Å². The van der Waals surface area contributed by atoms with Gasteiger partial charge in [-0.25, -0.2) is 4.98 Å². The second-order valence-corrected chi connectivity index (χ2v) is 6.92. The number of Topliss-reactive ketones (excluding diaryl/α,β-unsaturated/α-hetero) is 1. The van der Waals surface area contributed by atoms with Crippen molar-refractivity contribution in [2.45, 2.75) is 52.4 Å². The second kappa shape index (κ2) is 6.86. The zero-order chi connectivity index (χ0) is 18.0. The van der Waals surface area contributed by atoms with E-state index in [-0.39, 0.29) is 18.6 Å². The van der Waals surface area contributed by atoms with Crippen LogP contribution in [-0.4, -0.2) is 32.9 Å². The van der Waals surface area contributed by atoms with Gasteiger partial charge in [-0.1, -0.05) is 12.8 Å². The van der Waals surface area contributed by atoms with Crippen LogP contribution in [0.4, 0.5) is 0 Å². The Morgan fingerprint density at radius 2 is 2.04 bits per heavy atom. The Morgan fingerprint density at radius 1 is 1.32 bits per heavy atom. The number of carboxylic acid groups (broad SMARTS) is 1. The summed E-state index contributed by atoms with van der Waals surface area (Å²) < 4.78 is 7.37. The maximum Gasteiger partial charge on any atom is 0.303 e. The number of aromatic nitrogens is 2. The number of rotatable bonds is 7. The second-order valence-electron chi connectivity index (χ2n) is 6.92. The van der Waals surface area contributed by atoms with E-state index in [1.54, 1.807) is 4.40 Å². The van der Waals surface area contributed by atoms with E-state index in [0.717, 1.165) is 25.7 Å². The first-order valence-electron chi connectivity index (χ1n) is 8.81. The number of hydrogen-bond acceptors (Lipinski definition) is 4. The monoisotopic (exact) mass is 344 g/mol. The molecule has 3 rings (SSSR count). The molecule has 1 saturated carbocycles. The third-order valence-corrected chi connectivity index (χ3v) is 5.08. The maximum atomic E-state index is 13.1. The summed E-state index contributed by atoms with van der Waals surface area (Å²) in [7, 11) is 0. The summed E-state index contributed by atoms with van der Waals surface area (Å²) in [6.07, 6.45) is 5.69. The van der Waals surface area contributed by atoms with Gasteiger partial charge in [0.1, 0.15) is 5.69 Å². The van der Waals surface area contributed by atoms with Crippen molar-refractivity contribution in [1.82, 2.24) is 9.38 Å². The number of carbonyl (C=O) groups is 2. The molecule has 0 aliphatic heterocycles. The molecule has 0 unspecified atom stereocenters. The number of carbonyl (C=O) groups excluding carboxylic acids is 1. The van der Waals surface area contributed by atoms with E-state index in [4.69, 9.17) is 4.74 Å². The van der Waals surface area contributed by atoms with Crippen LogP contribution in [0.2, 0.25) is 0 Å². The molecular formula is C19H24N2O4. The number of aryl methyl sites for hydroxylation is 1. The quantitative estimate of drug-likeness (QED) is 0.775. The SMILES string of the molecule is CCOc1cccn2c(C(=O)CC3(CC(=O)O)CCCC3)c(C)nc12. The van der Waals surface area contributed by atoms with Gasteiger partial charge in [0.2, 0.25) is 0 Å². The van der Waals surface area contributed by atoms with Crippen LogP contribution in [0.25, 0.3) is 5.65 Å². The first-order chi connectivity index (χ1) is 12.0. The minimum absolute atomic E-state index is 0.0400. The number of hydrogen-bond donors (Lipinski definition) is 1. The number of pyridine rings is 1. The van der Waals surface area contributed by atoms with Crippen LogP contribution in [0, 0.1) is 12.3 Å². The lowest BCUT2D eigenvalue weighted by Gasteiger charge is -2.26. The Morgan fingerprint density at radius 3 is 2.68 bits per heavy atom. The number of fused-ring (bicyclic) bond motifs is 1. The Balaban J connectivity index is 1.95. The van der Waals surface area contributed by atoms with Crippen molar-refractivity contribution in [2.75, 3.05) is 6.61 Å². The molecule has 2 aromatic rings. The average molecular weight is 344 g/mol. The number of aliphatic carboxylic acids is 1. The molecule has 1 aliphatic rings. The van der Waals surface area contributed by atoms with Crippen LogP contribution in [0.5, 0.6) is 5.75 Å². The summed E-state index contributed by atoms with van der Waals surface area (Å²) in [6.45, 7) is 4.24. The fraction of sp³-hybridized carbons (Fsp3) is 0.526. The highest BCUT2D eigenvalue weighted by Gasteiger charge is 2.39. The van der Waals surface area contributed by atoms with Crippen molar-refractivity contribution in [2.24, 2.45) is 5.41 Å². The Bertz CT molecular complexity index is 803. The van der Waals surface area contributed by atoms with E-state index in [1.807, 2.05) is 32.2 Å². The van der Waals surface area contributed by atoms with Crippen LogP contribution < -0.4 is 4.74 Å². The van der Waals surface area contributed by atoms with Crippen molar-refractivity contribution >= 4 is 17.4 Å². The standard InChI is InChI=1S/C19H24N2O4/c1-3-25-15-7-6-10-21-17(13(2)20-18(15)21)14(22)11-19(12-16(23)24)8-4-5-9-19/h6-7,10H,3-5,8-9,11-12H2,1-2H3,(H,23,24). The molecule has 0 radical (unpaired) electrons. The normalized spacial score (nSPS) is 16.2. The number of ketones is 1. The molecule has 1 N–H and O–H groups in total. The van der Waals surface area contributed by atoms with Crippen LogP contribution in [0.15, 0.2) is 18.3 Å². The number of nitrogens with zero attached hydrogens (tertiary/aromatic N) is 2. The largest absolute Gasteiger partial charge is 0.490 e. The van der Waals surface area contributed by atoms with Gasteiger partial charge in [-0.3, -0.25) is 14.0 Å².